The van der Waals surface area contributed by atoms with E-state index in [0.29, 0.717) is 16.7 Å². The Kier molecular flexibility index (Phi) is 13.0. The molecular formula is C39H64O7. The van der Waals surface area contributed by atoms with Crippen molar-refractivity contribution >= 4 is 11.9 Å². The minimum atomic E-state index is -0.679. The van der Waals surface area contributed by atoms with E-state index in [-0.39, 0.29) is 43.0 Å². The molecule has 46 heavy (non-hydrogen) atoms. The van der Waals surface area contributed by atoms with Crippen LogP contribution >= 0.6 is 0 Å². The maximum absolute atomic E-state index is 12.1. The normalized spacial score (nSPS) is 34.4. The predicted octanol–water partition coefficient (Wildman–Crippen LogP) is 7.29. The van der Waals surface area contributed by atoms with E-state index in [2.05, 4.69) is 47.8 Å². The molecule has 0 aromatic carbocycles. The Bertz CT molecular complexity index is 1040. The lowest BCUT2D eigenvalue weighted by Gasteiger charge is -2.61. The fourth-order valence-electron chi connectivity index (χ4n) is 10.5. The molecule has 262 valence electrons. The van der Waals surface area contributed by atoms with Crippen LogP contribution in [-0.4, -0.2) is 61.3 Å². The quantitative estimate of drug-likeness (QED) is 0.134. The number of carbonyl (C=O) groups excluding carboxylic acids is 2. The second-order valence-corrected chi connectivity index (χ2v) is 16.5. The minimum absolute atomic E-state index is 0.0220. The first-order chi connectivity index (χ1) is 21.8. The Balaban J connectivity index is 1.33. The highest BCUT2D eigenvalue weighted by molar-refractivity contribution is 5.88. The van der Waals surface area contributed by atoms with Gasteiger partial charge in [0.15, 0.2) is 0 Å². The number of esters is 2. The number of aliphatic hydroxyl groups excluding tert-OH is 2. The van der Waals surface area contributed by atoms with Gasteiger partial charge in [-0.2, -0.15) is 0 Å². The summed E-state index contributed by atoms with van der Waals surface area (Å²) in [5.74, 6) is 3.99. The monoisotopic (exact) mass is 644 g/mol. The first kappa shape index (κ1) is 37.1. The molecule has 7 nitrogen and oxygen atoms in total. The van der Waals surface area contributed by atoms with Gasteiger partial charge in [-0.25, -0.2) is 9.59 Å². The van der Waals surface area contributed by atoms with Crippen LogP contribution in [0, 0.1) is 58.2 Å². The SMILES string of the molecule is C=C(CO)C(=O)OCC(COC(=O)C(=C)CO)CO[C@H]1CC[C@@]2(C)[C@@H](CC[C@@H]3[C@@H]2CC[C@]2(C)C([C@H](C)CCCC(C)C)CC[C@@H]32)C1. The average Bonchev–Trinajstić information content (AvgIpc) is 3.40. The van der Waals surface area contributed by atoms with Crippen LogP contribution in [0.25, 0.3) is 0 Å². The van der Waals surface area contributed by atoms with Gasteiger partial charge in [-0.05, 0) is 110 Å². The molecule has 0 spiro atoms. The zero-order valence-corrected chi connectivity index (χ0v) is 29.6. The molecular weight excluding hydrogens is 580 g/mol. The van der Waals surface area contributed by atoms with Crippen molar-refractivity contribution in [3.63, 3.8) is 0 Å². The molecule has 0 saturated heterocycles. The van der Waals surface area contributed by atoms with Crippen LogP contribution in [0.5, 0.6) is 0 Å². The van der Waals surface area contributed by atoms with Crippen molar-refractivity contribution in [1.82, 2.24) is 0 Å². The van der Waals surface area contributed by atoms with E-state index in [0.717, 1.165) is 48.3 Å². The number of aliphatic hydroxyl groups is 2. The standard InChI is InChI=1S/C39H64O7/c1-25(2)9-8-10-26(3)33-13-14-34-32-12-11-30-19-31(15-17-38(30,6)35(32)16-18-39(33,34)7)44-22-29(23-45-36(42)27(4)20-40)24-46-37(43)28(5)21-41/h25-26,29-35,40-41H,4-5,8-24H2,1-3,6-7H3/t26-,30+,31+,32+,33?,34+,35+,38+,39-/m1/s1. The Morgan fingerprint density at radius 2 is 1.39 bits per heavy atom. The Hall–Kier alpha value is -1.70. The Labute approximate surface area is 278 Å². The molecule has 4 fully saturated rings. The number of hydrogen-bond donors (Lipinski definition) is 2. The van der Waals surface area contributed by atoms with Crippen LogP contribution in [0.15, 0.2) is 24.3 Å². The van der Waals surface area contributed by atoms with Crippen molar-refractivity contribution in [1.29, 1.82) is 0 Å². The third-order valence-electron chi connectivity index (χ3n) is 13.2. The van der Waals surface area contributed by atoms with Gasteiger partial charge in [0.2, 0.25) is 0 Å². The topological polar surface area (TPSA) is 102 Å². The number of rotatable bonds is 16. The minimum Gasteiger partial charge on any atom is -0.462 e. The molecule has 0 amide bonds. The lowest BCUT2D eigenvalue weighted by molar-refractivity contribution is -0.151. The van der Waals surface area contributed by atoms with Gasteiger partial charge < -0.3 is 24.4 Å². The maximum atomic E-state index is 12.1. The predicted molar refractivity (Wildman–Crippen MR) is 181 cm³/mol. The lowest BCUT2D eigenvalue weighted by Crippen LogP contribution is -2.54. The highest BCUT2D eigenvalue weighted by atomic mass is 16.6. The fraction of sp³-hybridized carbons (Fsp3) is 0.846. The molecule has 4 aliphatic rings. The summed E-state index contributed by atoms with van der Waals surface area (Å²) in [5.41, 5.74) is 0.821. The van der Waals surface area contributed by atoms with Gasteiger partial charge in [0.05, 0.1) is 56.2 Å². The summed E-state index contributed by atoms with van der Waals surface area (Å²) >= 11 is 0. The molecule has 4 rings (SSSR count). The van der Waals surface area contributed by atoms with Crippen LogP contribution < -0.4 is 0 Å². The molecule has 9 atom stereocenters. The van der Waals surface area contributed by atoms with Crippen LogP contribution in [-0.2, 0) is 23.8 Å². The summed E-state index contributed by atoms with van der Waals surface area (Å²) in [6.07, 6.45) is 15.8. The van der Waals surface area contributed by atoms with Gasteiger partial charge in [-0.3, -0.25) is 0 Å². The molecule has 0 aromatic heterocycles. The van der Waals surface area contributed by atoms with Crippen LogP contribution in [0.1, 0.15) is 112 Å². The molecule has 0 radical (unpaired) electrons. The zero-order valence-electron chi connectivity index (χ0n) is 29.6. The van der Waals surface area contributed by atoms with Gasteiger partial charge in [0.25, 0.3) is 0 Å². The van der Waals surface area contributed by atoms with Gasteiger partial charge >= 0.3 is 11.9 Å². The van der Waals surface area contributed by atoms with E-state index >= 15 is 0 Å². The van der Waals surface area contributed by atoms with E-state index in [9.17, 15) is 19.8 Å². The molecule has 0 bridgehead atoms. The van der Waals surface area contributed by atoms with Crippen LogP contribution in [0.2, 0.25) is 0 Å². The molecule has 0 heterocycles. The number of carbonyl (C=O) groups is 2. The number of hydrogen-bond acceptors (Lipinski definition) is 7. The third kappa shape index (κ3) is 8.29. The van der Waals surface area contributed by atoms with Gasteiger partial charge in [0, 0.05) is 0 Å². The van der Waals surface area contributed by atoms with Crippen LogP contribution in [0.4, 0.5) is 0 Å². The highest BCUT2D eigenvalue weighted by Gasteiger charge is 2.60. The van der Waals surface area contributed by atoms with E-state index < -0.39 is 25.2 Å². The maximum Gasteiger partial charge on any atom is 0.335 e. The van der Waals surface area contributed by atoms with Crippen molar-refractivity contribution in [2.75, 3.05) is 33.0 Å². The summed E-state index contributed by atoms with van der Waals surface area (Å²) in [6.45, 7) is 18.9. The molecule has 0 aliphatic heterocycles. The van der Waals surface area contributed by atoms with Crippen molar-refractivity contribution in [3.05, 3.63) is 24.3 Å². The summed E-state index contributed by atoms with van der Waals surface area (Å²) in [4.78, 5) is 24.2. The second kappa shape index (κ2) is 16.1. The van der Waals surface area contributed by atoms with Crippen LogP contribution in [0.3, 0.4) is 0 Å². The summed E-state index contributed by atoms with van der Waals surface area (Å²) in [6, 6.07) is 0. The Morgan fingerprint density at radius 3 is 2.00 bits per heavy atom. The molecule has 4 aliphatic carbocycles. The van der Waals surface area contributed by atoms with Gasteiger partial charge in [-0.1, -0.05) is 67.0 Å². The summed E-state index contributed by atoms with van der Waals surface area (Å²) in [7, 11) is 0. The largest absolute Gasteiger partial charge is 0.462 e. The summed E-state index contributed by atoms with van der Waals surface area (Å²) < 4.78 is 17.1. The number of ether oxygens (including phenoxy) is 3. The molecule has 0 aromatic rings. The first-order valence-electron chi connectivity index (χ1n) is 18.4. The van der Waals surface area contributed by atoms with Gasteiger partial charge in [-0.15, -0.1) is 0 Å². The van der Waals surface area contributed by atoms with Crippen molar-refractivity contribution in [2.24, 2.45) is 58.2 Å². The second-order valence-electron chi connectivity index (χ2n) is 16.5. The van der Waals surface area contributed by atoms with Crippen molar-refractivity contribution < 1.29 is 34.0 Å². The fourth-order valence-corrected chi connectivity index (χ4v) is 10.5. The van der Waals surface area contributed by atoms with Gasteiger partial charge in [0.1, 0.15) is 0 Å². The van der Waals surface area contributed by atoms with E-state index in [1.165, 1.54) is 64.2 Å². The van der Waals surface area contributed by atoms with E-state index in [1.807, 2.05) is 0 Å². The first-order valence-corrected chi connectivity index (χ1v) is 18.4. The third-order valence-corrected chi connectivity index (χ3v) is 13.2. The lowest BCUT2D eigenvalue weighted by atomic mass is 9.44. The molecule has 2 N–H and O–H groups in total. The van der Waals surface area contributed by atoms with E-state index in [4.69, 9.17) is 14.2 Å². The van der Waals surface area contributed by atoms with E-state index in [1.54, 1.807) is 0 Å². The van der Waals surface area contributed by atoms with Crippen molar-refractivity contribution in [3.8, 4) is 0 Å². The summed E-state index contributed by atoms with van der Waals surface area (Å²) in [5, 5.41) is 18.4. The molecule has 7 heteroatoms. The molecule has 1 unspecified atom stereocenters. The average molecular weight is 645 g/mol. The highest BCUT2D eigenvalue weighted by Crippen LogP contribution is 2.68. The Morgan fingerprint density at radius 1 is 0.783 bits per heavy atom. The smallest absolute Gasteiger partial charge is 0.335 e. The zero-order chi connectivity index (χ0) is 33.6. The van der Waals surface area contributed by atoms with Crippen molar-refractivity contribution in [2.45, 2.75) is 118 Å². The number of fused-ring (bicyclic) bond motifs is 5. The molecule has 4 saturated carbocycles.